The Kier molecular flexibility index (Phi) is 6.04. The minimum absolute atomic E-state index is 0.241. The Labute approximate surface area is 201 Å². The van der Waals surface area contributed by atoms with E-state index in [-0.39, 0.29) is 12.2 Å². The minimum Gasteiger partial charge on any atom is -0.372 e. The highest BCUT2D eigenvalue weighted by Crippen LogP contribution is 2.35. The Bertz CT molecular complexity index is 1340. The summed E-state index contributed by atoms with van der Waals surface area (Å²) in [6.45, 7) is 8.31. The number of aromatic nitrogens is 1. The normalized spacial score (nSPS) is 18.1. The highest BCUT2D eigenvalue weighted by molar-refractivity contribution is 5.98. The third kappa shape index (κ3) is 4.16. The van der Waals surface area contributed by atoms with Crippen LogP contribution >= 0.6 is 0 Å². The zero-order valence-corrected chi connectivity index (χ0v) is 20.0. The van der Waals surface area contributed by atoms with Crippen molar-refractivity contribution in [1.29, 1.82) is 5.26 Å². The van der Waals surface area contributed by atoms with Gasteiger partial charge in [-0.1, -0.05) is 49.4 Å². The first-order valence-electron chi connectivity index (χ1n) is 12.0. The number of nitriles is 1. The number of benzene rings is 3. The Morgan fingerprint density at radius 3 is 2.21 bits per heavy atom. The average Bonchev–Trinajstić information content (AvgIpc) is 2.87. The summed E-state index contributed by atoms with van der Waals surface area (Å²) in [5.74, 6) is 0. The third-order valence-corrected chi connectivity index (χ3v) is 6.65. The second kappa shape index (κ2) is 9.29. The zero-order valence-electron chi connectivity index (χ0n) is 20.0. The van der Waals surface area contributed by atoms with Crippen LogP contribution in [-0.2, 0) is 11.2 Å². The molecule has 1 fully saturated rings. The van der Waals surface area contributed by atoms with E-state index in [9.17, 15) is 0 Å². The number of anilines is 1. The number of nitrogens with zero attached hydrogens (tertiary/aromatic N) is 3. The number of rotatable bonds is 4. The van der Waals surface area contributed by atoms with Gasteiger partial charge in [-0.3, -0.25) is 4.98 Å². The molecule has 0 saturated carbocycles. The fourth-order valence-corrected chi connectivity index (χ4v) is 5.11. The van der Waals surface area contributed by atoms with Gasteiger partial charge in [0.2, 0.25) is 0 Å². The molecule has 0 radical (unpaired) electrons. The van der Waals surface area contributed by atoms with Crippen molar-refractivity contribution >= 4 is 16.6 Å². The van der Waals surface area contributed by atoms with Gasteiger partial charge in [0, 0.05) is 41.5 Å². The molecule has 4 heteroatoms. The number of para-hydroxylation sites is 1. The quantitative estimate of drug-likeness (QED) is 0.353. The van der Waals surface area contributed by atoms with E-state index >= 15 is 0 Å². The number of hydrogen-bond acceptors (Lipinski definition) is 4. The Balaban J connectivity index is 1.52. The summed E-state index contributed by atoms with van der Waals surface area (Å²) < 4.78 is 5.89. The molecule has 2 atom stereocenters. The van der Waals surface area contributed by atoms with Gasteiger partial charge in [0.1, 0.15) is 0 Å². The second-order valence-corrected chi connectivity index (χ2v) is 9.10. The lowest BCUT2D eigenvalue weighted by atomic mass is 9.93. The van der Waals surface area contributed by atoms with Crippen molar-refractivity contribution in [3.8, 4) is 28.3 Å². The number of fused-ring (bicyclic) bond motifs is 1. The highest BCUT2D eigenvalue weighted by Gasteiger charge is 2.22. The van der Waals surface area contributed by atoms with Gasteiger partial charge in [-0.15, -0.1) is 0 Å². The summed E-state index contributed by atoms with van der Waals surface area (Å²) >= 11 is 0. The molecule has 2 heterocycles. The van der Waals surface area contributed by atoms with Gasteiger partial charge in [0.15, 0.2) is 0 Å². The van der Waals surface area contributed by atoms with Crippen molar-refractivity contribution in [3.63, 3.8) is 0 Å². The maximum absolute atomic E-state index is 9.12. The van der Waals surface area contributed by atoms with Crippen LogP contribution in [0, 0.1) is 11.3 Å². The van der Waals surface area contributed by atoms with Crippen LogP contribution in [0.2, 0.25) is 0 Å². The molecule has 1 aliphatic rings. The van der Waals surface area contributed by atoms with E-state index in [4.69, 9.17) is 15.0 Å². The molecule has 34 heavy (non-hydrogen) atoms. The van der Waals surface area contributed by atoms with Gasteiger partial charge in [-0.25, -0.2) is 0 Å². The molecule has 1 aliphatic heterocycles. The molecule has 3 aromatic carbocycles. The average molecular weight is 448 g/mol. The van der Waals surface area contributed by atoms with Gasteiger partial charge in [0.05, 0.1) is 29.4 Å². The fourth-order valence-electron chi connectivity index (χ4n) is 5.11. The van der Waals surface area contributed by atoms with Gasteiger partial charge in [0.25, 0.3) is 0 Å². The van der Waals surface area contributed by atoms with Crippen LogP contribution in [0.15, 0.2) is 72.9 Å². The fraction of sp³-hybridized carbons (Fsp3) is 0.267. The Hall–Kier alpha value is -3.68. The topological polar surface area (TPSA) is 49.1 Å². The molecule has 4 aromatic rings. The van der Waals surface area contributed by atoms with E-state index in [2.05, 4.69) is 74.2 Å². The van der Waals surface area contributed by atoms with Crippen LogP contribution < -0.4 is 4.90 Å². The van der Waals surface area contributed by atoms with Crippen molar-refractivity contribution in [1.82, 2.24) is 4.98 Å². The third-order valence-electron chi connectivity index (χ3n) is 6.65. The van der Waals surface area contributed by atoms with E-state index in [0.29, 0.717) is 5.56 Å². The summed E-state index contributed by atoms with van der Waals surface area (Å²) in [5, 5.41) is 10.3. The summed E-state index contributed by atoms with van der Waals surface area (Å²) in [5.41, 5.74) is 8.75. The monoisotopic (exact) mass is 447 g/mol. The van der Waals surface area contributed by atoms with Gasteiger partial charge in [-0.2, -0.15) is 5.26 Å². The molecule has 4 nitrogen and oxygen atoms in total. The van der Waals surface area contributed by atoms with Crippen LogP contribution in [0.25, 0.3) is 33.2 Å². The molecule has 1 saturated heterocycles. The smallest absolute Gasteiger partial charge is 0.0991 e. The first kappa shape index (κ1) is 22.1. The molecule has 2 unspecified atom stereocenters. The van der Waals surface area contributed by atoms with E-state index in [1.165, 1.54) is 27.8 Å². The van der Waals surface area contributed by atoms with Crippen LogP contribution in [0.4, 0.5) is 5.69 Å². The number of morpholine rings is 1. The van der Waals surface area contributed by atoms with Crippen molar-refractivity contribution in [2.75, 3.05) is 18.0 Å². The van der Waals surface area contributed by atoms with Gasteiger partial charge >= 0.3 is 0 Å². The van der Waals surface area contributed by atoms with E-state index in [1.54, 1.807) is 0 Å². The van der Waals surface area contributed by atoms with Crippen molar-refractivity contribution < 1.29 is 4.74 Å². The maximum atomic E-state index is 9.12. The number of ether oxygens (including phenoxy) is 1. The Morgan fingerprint density at radius 1 is 0.912 bits per heavy atom. The lowest BCUT2D eigenvalue weighted by Crippen LogP contribution is -2.45. The number of hydrogen-bond donors (Lipinski definition) is 0. The molecule has 0 amide bonds. The second-order valence-electron chi connectivity index (χ2n) is 9.10. The molecule has 0 spiro atoms. The minimum atomic E-state index is 0.241. The maximum Gasteiger partial charge on any atom is 0.0991 e. The number of aryl methyl sites for hydroxylation is 1. The summed E-state index contributed by atoms with van der Waals surface area (Å²) in [6, 6.07) is 25.2. The number of pyridine rings is 1. The molecule has 0 aliphatic carbocycles. The molecule has 5 rings (SSSR count). The molecule has 1 aromatic heterocycles. The first-order valence-corrected chi connectivity index (χ1v) is 12.0. The van der Waals surface area contributed by atoms with Crippen molar-refractivity contribution in [2.45, 2.75) is 39.4 Å². The van der Waals surface area contributed by atoms with Crippen LogP contribution in [0.1, 0.15) is 31.9 Å². The standard InChI is InChI=1S/C30H29N3O/c1-4-26-28-7-5-6-27(23-10-8-22(16-31)9-11-23)30(28)32-17-29(26)24-12-14-25(15-13-24)33-18-20(2)34-21(3)19-33/h5-15,17,20-21H,4,18-19H2,1-3H3. The Morgan fingerprint density at radius 2 is 1.56 bits per heavy atom. The van der Waals surface area contributed by atoms with Crippen LogP contribution in [-0.4, -0.2) is 30.3 Å². The van der Waals surface area contributed by atoms with Gasteiger partial charge in [-0.05, 0) is 61.2 Å². The largest absolute Gasteiger partial charge is 0.372 e. The van der Waals surface area contributed by atoms with Crippen molar-refractivity contribution in [2.24, 2.45) is 0 Å². The van der Waals surface area contributed by atoms with Crippen molar-refractivity contribution in [3.05, 3.63) is 84.1 Å². The van der Waals surface area contributed by atoms with E-state index in [1.807, 2.05) is 30.5 Å². The molecule has 0 bridgehead atoms. The first-order chi connectivity index (χ1) is 16.6. The van der Waals surface area contributed by atoms with E-state index < -0.39 is 0 Å². The SMILES string of the molecule is CCc1c(-c2ccc(N3CC(C)OC(C)C3)cc2)cnc2c(-c3ccc(C#N)cc3)cccc12. The molecular formula is C30H29N3O. The van der Waals surface area contributed by atoms with Gasteiger partial charge < -0.3 is 9.64 Å². The predicted molar refractivity (Wildman–Crippen MR) is 139 cm³/mol. The summed E-state index contributed by atoms with van der Waals surface area (Å²) in [4.78, 5) is 7.33. The van der Waals surface area contributed by atoms with Crippen LogP contribution in [0.5, 0.6) is 0 Å². The molecule has 170 valence electrons. The van der Waals surface area contributed by atoms with E-state index in [0.717, 1.165) is 36.2 Å². The lowest BCUT2D eigenvalue weighted by molar-refractivity contribution is -0.00521. The predicted octanol–water partition coefficient (Wildman–Crippen LogP) is 6.62. The summed E-state index contributed by atoms with van der Waals surface area (Å²) in [7, 11) is 0. The van der Waals surface area contributed by atoms with Crippen LogP contribution in [0.3, 0.4) is 0 Å². The lowest BCUT2D eigenvalue weighted by Gasteiger charge is -2.37. The zero-order chi connectivity index (χ0) is 23.7. The molecule has 0 N–H and O–H groups in total. The highest BCUT2D eigenvalue weighted by atomic mass is 16.5. The molecular weight excluding hydrogens is 418 g/mol. The summed E-state index contributed by atoms with van der Waals surface area (Å²) in [6.07, 6.45) is 3.42.